The summed E-state index contributed by atoms with van der Waals surface area (Å²) in [6.45, 7) is 2.40. The number of anilines is 1. The van der Waals surface area contributed by atoms with Crippen LogP contribution in [0.4, 0.5) is 5.69 Å². The summed E-state index contributed by atoms with van der Waals surface area (Å²) < 4.78 is 1.00. The maximum absolute atomic E-state index is 11.8. The number of amides is 1. The van der Waals surface area contributed by atoms with Gasteiger partial charge >= 0.3 is 0 Å². The summed E-state index contributed by atoms with van der Waals surface area (Å²) in [6, 6.07) is 7.63. The number of halogens is 1. The lowest BCUT2D eigenvalue weighted by Gasteiger charge is -2.25. The number of hydrogen-bond donors (Lipinski definition) is 3. The Balaban J connectivity index is 1.68. The van der Waals surface area contributed by atoms with E-state index in [1.807, 2.05) is 24.3 Å². The van der Waals surface area contributed by atoms with Gasteiger partial charge in [0.15, 0.2) is 5.11 Å². The fraction of sp³-hybridized carbons (Fsp3) is 0.429. The molecule has 1 aromatic carbocycles. The van der Waals surface area contributed by atoms with Crippen molar-refractivity contribution in [3.8, 4) is 0 Å². The summed E-state index contributed by atoms with van der Waals surface area (Å²) >= 11 is 8.50. The molecule has 0 saturated carbocycles. The fourth-order valence-corrected chi connectivity index (χ4v) is 2.62. The summed E-state index contributed by atoms with van der Waals surface area (Å²) in [5, 5.41) is 3.36. The number of carbonyl (C=O) groups excluding carboxylic acids is 1. The molecule has 0 unspecified atom stereocenters. The Kier molecular flexibility index (Phi) is 6.41. The van der Waals surface area contributed by atoms with Crippen LogP contribution in [0.15, 0.2) is 28.7 Å². The lowest BCUT2D eigenvalue weighted by molar-refractivity contribution is -0.123. The molecule has 0 spiro atoms. The molecule has 1 fully saturated rings. The summed E-state index contributed by atoms with van der Waals surface area (Å²) in [4.78, 5) is 14.0. The number of nitrogens with zero attached hydrogens (tertiary/aromatic N) is 1. The molecule has 1 heterocycles. The highest BCUT2D eigenvalue weighted by molar-refractivity contribution is 9.10. The third kappa shape index (κ3) is 5.99. The number of piperidine rings is 1. The molecule has 1 aliphatic rings. The zero-order valence-electron chi connectivity index (χ0n) is 11.7. The van der Waals surface area contributed by atoms with Gasteiger partial charge in [-0.3, -0.25) is 20.5 Å². The average Bonchev–Trinajstić information content (AvgIpc) is 2.49. The molecule has 0 atom stereocenters. The second kappa shape index (κ2) is 8.31. The van der Waals surface area contributed by atoms with Crippen LogP contribution < -0.4 is 16.2 Å². The second-order valence-corrected chi connectivity index (χ2v) is 6.29. The number of rotatable bonds is 3. The standard InChI is InChI=1S/C14H19BrN4OS/c15-11-4-6-12(7-5-11)16-14(21)18-17-13(20)10-19-8-2-1-3-9-19/h4-7H,1-3,8-10H2,(H,17,20)(H2,16,18,21). The van der Waals surface area contributed by atoms with Crippen molar-refractivity contribution in [2.75, 3.05) is 25.0 Å². The monoisotopic (exact) mass is 370 g/mol. The zero-order valence-corrected chi connectivity index (χ0v) is 14.1. The fourth-order valence-electron chi connectivity index (χ4n) is 2.18. The van der Waals surface area contributed by atoms with Crippen molar-refractivity contribution in [1.82, 2.24) is 15.8 Å². The summed E-state index contributed by atoms with van der Waals surface area (Å²) in [5.41, 5.74) is 6.20. The van der Waals surface area contributed by atoms with E-state index >= 15 is 0 Å². The van der Waals surface area contributed by atoms with Gasteiger partial charge in [-0.2, -0.15) is 0 Å². The minimum absolute atomic E-state index is 0.0724. The highest BCUT2D eigenvalue weighted by Crippen LogP contribution is 2.13. The van der Waals surface area contributed by atoms with Crippen molar-refractivity contribution in [2.24, 2.45) is 0 Å². The predicted octanol–water partition coefficient (Wildman–Crippen LogP) is 2.25. The molecule has 114 valence electrons. The smallest absolute Gasteiger partial charge is 0.252 e. The number of nitrogens with one attached hydrogen (secondary N) is 3. The Bertz CT molecular complexity index is 488. The molecule has 1 aliphatic heterocycles. The Morgan fingerprint density at radius 3 is 2.48 bits per heavy atom. The van der Waals surface area contributed by atoms with E-state index in [2.05, 4.69) is 37.0 Å². The van der Waals surface area contributed by atoms with Gasteiger partial charge in [0.1, 0.15) is 0 Å². The Morgan fingerprint density at radius 2 is 1.81 bits per heavy atom. The van der Waals surface area contributed by atoms with Gasteiger partial charge in [0, 0.05) is 10.2 Å². The van der Waals surface area contributed by atoms with E-state index in [1.165, 1.54) is 19.3 Å². The summed E-state index contributed by atoms with van der Waals surface area (Å²) in [6.07, 6.45) is 3.60. The molecular formula is C14H19BrN4OS. The first-order valence-electron chi connectivity index (χ1n) is 6.97. The number of hydrogen-bond acceptors (Lipinski definition) is 3. The minimum atomic E-state index is -0.0724. The molecule has 21 heavy (non-hydrogen) atoms. The Labute approximate surface area is 138 Å². The molecule has 2 rings (SSSR count). The molecule has 1 aromatic rings. The Hall–Kier alpha value is -1.18. The molecule has 1 saturated heterocycles. The lowest BCUT2D eigenvalue weighted by Crippen LogP contribution is -2.48. The van der Waals surface area contributed by atoms with Crippen molar-refractivity contribution in [2.45, 2.75) is 19.3 Å². The molecule has 0 aliphatic carbocycles. The van der Waals surface area contributed by atoms with Crippen molar-refractivity contribution in [1.29, 1.82) is 0 Å². The van der Waals surface area contributed by atoms with Gasteiger partial charge in [0.25, 0.3) is 5.91 Å². The third-order valence-corrected chi connectivity index (χ3v) is 3.97. The third-order valence-electron chi connectivity index (χ3n) is 3.23. The normalized spacial score (nSPS) is 15.3. The maximum Gasteiger partial charge on any atom is 0.252 e. The quantitative estimate of drug-likeness (QED) is 0.562. The van der Waals surface area contributed by atoms with Gasteiger partial charge in [0.2, 0.25) is 0 Å². The van der Waals surface area contributed by atoms with Crippen molar-refractivity contribution < 1.29 is 4.79 Å². The summed E-state index contributed by atoms with van der Waals surface area (Å²) in [5.74, 6) is -0.0724. The topological polar surface area (TPSA) is 56.4 Å². The number of likely N-dealkylation sites (tertiary alicyclic amines) is 1. The number of carbonyl (C=O) groups is 1. The van der Waals surface area contributed by atoms with Crippen molar-refractivity contribution in [3.05, 3.63) is 28.7 Å². The van der Waals surface area contributed by atoms with E-state index < -0.39 is 0 Å². The van der Waals surface area contributed by atoms with E-state index in [0.29, 0.717) is 11.7 Å². The van der Waals surface area contributed by atoms with E-state index in [4.69, 9.17) is 12.2 Å². The van der Waals surface area contributed by atoms with Gasteiger partial charge in [-0.15, -0.1) is 0 Å². The number of benzene rings is 1. The molecule has 0 radical (unpaired) electrons. The van der Waals surface area contributed by atoms with Gasteiger partial charge in [-0.25, -0.2) is 0 Å². The van der Waals surface area contributed by atoms with Gasteiger partial charge < -0.3 is 5.32 Å². The van der Waals surface area contributed by atoms with Crippen LogP contribution in [0.1, 0.15) is 19.3 Å². The van der Waals surface area contributed by atoms with E-state index in [9.17, 15) is 4.79 Å². The molecular weight excluding hydrogens is 352 g/mol. The largest absolute Gasteiger partial charge is 0.331 e. The molecule has 0 aromatic heterocycles. The number of hydrazine groups is 1. The van der Waals surface area contributed by atoms with Crippen LogP contribution in [0.3, 0.4) is 0 Å². The molecule has 5 nitrogen and oxygen atoms in total. The zero-order chi connectivity index (χ0) is 15.1. The van der Waals surface area contributed by atoms with Crippen LogP contribution in [0.2, 0.25) is 0 Å². The van der Waals surface area contributed by atoms with E-state index in [0.717, 1.165) is 23.2 Å². The molecule has 7 heteroatoms. The van der Waals surface area contributed by atoms with Crippen LogP contribution in [0.25, 0.3) is 0 Å². The first-order chi connectivity index (χ1) is 10.1. The van der Waals surface area contributed by atoms with Gasteiger partial charge in [-0.05, 0) is 62.4 Å². The summed E-state index contributed by atoms with van der Waals surface area (Å²) in [7, 11) is 0. The van der Waals surface area contributed by atoms with Gasteiger partial charge in [-0.1, -0.05) is 22.4 Å². The lowest BCUT2D eigenvalue weighted by atomic mass is 10.1. The molecule has 0 bridgehead atoms. The maximum atomic E-state index is 11.8. The van der Waals surface area contributed by atoms with Crippen LogP contribution >= 0.6 is 28.1 Å². The van der Waals surface area contributed by atoms with E-state index in [1.54, 1.807) is 0 Å². The van der Waals surface area contributed by atoms with Crippen LogP contribution in [0.5, 0.6) is 0 Å². The van der Waals surface area contributed by atoms with Crippen LogP contribution in [0, 0.1) is 0 Å². The first-order valence-corrected chi connectivity index (χ1v) is 8.17. The Morgan fingerprint density at radius 1 is 1.14 bits per heavy atom. The van der Waals surface area contributed by atoms with Crippen molar-refractivity contribution in [3.63, 3.8) is 0 Å². The highest BCUT2D eigenvalue weighted by Gasteiger charge is 2.13. The minimum Gasteiger partial charge on any atom is -0.331 e. The van der Waals surface area contributed by atoms with Crippen LogP contribution in [-0.4, -0.2) is 35.6 Å². The predicted molar refractivity (Wildman–Crippen MR) is 91.9 cm³/mol. The van der Waals surface area contributed by atoms with Crippen LogP contribution in [-0.2, 0) is 4.79 Å². The second-order valence-electron chi connectivity index (χ2n) is 4.97. The number of thiocarbonyl (C=S) groups is 1. The SMILES string of the molecule is O=C(CN1CCCCC1)NNC(=S)Nc1ccc(Br)cc1. The molecule has 3 N–H and O–H groups in total. The highest BCUT2D eigenvalue weighted by atomic mass is 79.9. The molecule has 1 amide bonds. The van der Waals surface area contributed by atoms with Gasteiger partial charge in [0.05, 0.1) is 6.54 Å². The van der Waals surface area contributed by atoms with Crippen molar-refractivity contribution >= 4 is 44.9 Å². The first kappa shape index (κ1) is 16.2. The average molecular weight is 371 g/mol. The van der Waals surface area contributed by atoms with E-state index in [-0.39, 0.29) is 5.91 Å².